The molecule has 8 heteroatoms. The quantitative estimate of drug-likeness (QED) is 0.510. The standard InChI is InChI=1S/C13H13N3O4S/c1-19-10-4-3-8(5-9(10)12(18)20-2)6-14-16-13-15-11(17)7-21-13/h3-6H,7H2,1-2H3,(H,15,16,17). The number of methoxy groups -OCH3 is 2. The molecular weight excluding hydrogens is 294 g/mol. The van der Waals surface area contributed by atoms with Gasteiger partial charge < -0.3 is 14.8 Å². The first-order valence-corrected chi connectivity index (χ1v) is 6.92. The van der Waals surface area contributed by atoms with Crippen LogP contribution in [0.4, 0.5) is 0 Å². The fourth-order valence-corrected chi connectivity index (χ4v) is 2.23. The van der Waals surface area contributed by atoms with E-state index in [1.54, 1.807) is 18.2 Å². The van der Waals surface area contributed by atoms with Gasteiger partial charge in [-0.2, -0.15) is 5.10 Å². The van der Waals surface area contributed by atoms with Crippen molar-refractivity contribution in [2.24, 2.45) is 10.2 Å². The summed E-state index contributed by atoms with van der Waals surface area (Å²) in [4.78, 5) is 22.6. The third-order valence-electron chi connectivity index (χ3n) is 2.57. The molecule has 1 aromatic carbocycles. The van der Waals surface area contributed by atoms with Gasteiger partial charge >= 0.3 is 5.97 Å². The average Bonchev–Trinajstić information content (AvgIpc) is 2.91. The van der Waals surface area contributed by atoms with Crippen molar-refractivity contribution in [2.75, 3.05) is 20.0 Å². The lowest BCUT2D eigenvalue weighted by molar-refractivity contribution is -0.116. The van der Waals surface area contributed by atoms with Crippen molar-refractivity contribution in [3.8, 4) is 5.75 Å². The van der Waals surface area contributed by atoms with Gasteiger partial charge in [0.1, 0.15) is 11.3 Å². The van der Waals surface area contributed by atoms with E-state index in [2.05, 4.69) is 20.3 Å². The normalized spacial score (nSPS) is 16.3. The number of benzene rings is 1. The first kappa shape index (κ1) is 15.0. The Kier molecular flexibility index (Phi) is 4.94. The van der Waals surface area contributed by atoms with Gasteiger partial charge in [0.25, 0.3) is 0 Å². The summed E-state index contributed by atoms with van der Waals surface area (Å²) in [6, 6.07) is 4.97. The van der Waals surface area contributed by atoms with Crippen LogP contribution in [0.1, 0.15) is 15.9 Å². The number of amides is 1. The van der Waals surface area contributed by atoms with E-state index < -0.39 is 5.97 Å². The van der Waals surface area contributed by atoms with Gasteiger partial charge in [0.05, 0.1) is 26.2 Å². The van der Waals surface area contributed by atoms with Crippen LogP contribution in [-0.2, 0) is 9.53 Å². The van der Waals surface area contributed by atoms with Crippen LogP contribution in [0.25, 0.3) is 0 Å². The van der Waals surface area contributed by atoms with Gasteiger partial charge in [0.15, 0.2) is 5.17 Å². The largest absolute Gasteiger partial charge is 0.496 e. The van der Waals surface area contributed by atoms with Crippen LogP contribution in [0.5, 0.6) is 5.75 Å². The van der Waals surface area contributed by atoms with Crippen LogP contribution in [-0.4, -0.2) is 43.2 Å². The third-order valence-corrected chi connectivity index (χ3v) is 3.43. The number of ether oxygens (including phenoxy) is 2. The lowest BCUT2D eigenvalue weighted by atomic mass is 10.1. The van der Waals surface area contributed by atoms with Gasteiger partial charge in [0, 0.05) is 0 Å². The Morgan fingerprint density at radius 2 is 2.24 bits per heavy atom. The zero-order valence-electron chi connectivity index (χ0n) is 11.5. The number of thioether (sulfide) groups is 1. The molecule has 7 nitrogen and oxygen atoms in total. The Bertz CT molecular complexity index is 628. The van der Waals surface area contributed by atoms with E-state index in [0.29, 0.717) is 27.8 Å². The van der Waals surface area contributed by atoms with E-state index in [9.17, 15) is 9.59 Å². The van der Waals surface area contributed by atoms with Crippen molar-refractivity contribution < 1.29 is 19.1 Å². The van der Waals surface area contributed by atoms with E-state index >= 15 is 0 Å². The summed E-state index contributed by atoms with van der Waals surface area (Å²) in [7, 11) is 2.77. The topological polar surface area (TPSA) is 89.4 Å². The van der Waals surface area contributed by atoms with Crippen LogP contribution in [0.15, 0.2) is 28.4 Å². The molecule has 0 radical (unpaired) electrons. The second kappa shape index (κ2) is 6.89. The number of nitrogens with one attached hydrogen (secondary N) is 1. The highest BCUT2D eigenvalue weighted by Crippen LogP contribution is 2.20. The summed E-state index contributed by atoms with van der Waals surface area (Å²) in [5, 5.41) is 10.8. The number of carbonyl (C=O) groups excluding carboxylic acids is 2. The lowest BCUT2D eigenvalue weighted by Crippen LogP contribution is -2.19. The smallest absolute Gasteiger partial charge is 0.341 e. The molecule has 1 saturated heterocycles. The number of carbonyl (C=O) groups is 2. The lowest BCUT2D eigenvalue weighted by Gasteiger charge is -2.06. The van der Waals surface area contributed by atoms with Crippen molar-refractivity contribution in [3.05, 3.63) is 29.3 Å². The predicted molar refractivity (Wildman–Crippen MR) is 80.0 cm³/mol. The average molecular weight is 307 g/mol. The van der Waals surface area contributed by atoms with Gasteiger partial charge in [-0.05, 0) is 23.8 Å². The van der Waals surface area contributed by atoms with Crippen LogP contribution in [0.2, 0.25) is 0 Å². The van der Waals surface area contributed by atoms with E-state index in [0.717, 1.165) is 0 Å². The minimum Gasteiger partial charge on any atom is -0.496 e. The van der Waals surface area contributed by atoms with Crippen molar-refractivity contribution in [3.63, 3.8) is 0 Å². The molecule has 1 heterocycles. The fraction of sp³-hybridized carbons (Fsp3) is 0.231. The number of rotatable bonds is 4. The summed E-state index contributed by atoms with van der Waals surface area (Å²) in [6.45, 7) is 0. The predicted octanol–water partition coefficient (Wildman–Crippen LogP) is 1.03. The number of amidine groups is 1. The van der Waals surface area contributed by atoms with Crippen molar-refractivity contribution >= 4 is 35.0 Å². The molecular formula is C13H13N3O4S. The summed E-state index contributed by atoms with van der Waals surface area (Å²) in [5.41, 5.74) is 0.968. The summed E-state index contributed by atoms with van der Waals surface area (Å²) >= 11 is 1.28. The van der Waals surface area contributed by atoms with Gasteiger partial charge in [-0.3, -0.25) is 4.79 Å². The Morgan fingerprint density at radius 3 is 2.86 bits per heavy atom. The van der Waals surface area contributed by atoms with E-state index in [-0.39, 0.29) is 5.91 Å². The molecule has 0 unspecified atom stereocenters. The Balaban J connectivity index is 2.17. The molecule has 0 saturated carbocycles. The number of esters is 1. The summed E-state index contributed by atoms with van der Waals surface area (Å²) in [6.07, 6.45) is 1.48. The monoisotopic (exact) mass is 307 g/mol. The number of hydrogen-bond donors (Lipinski definition) is 1. The molecule has 21 heavy (non-hydrogen) atoms. The van der Waals surface area contributed by atoms with Crippen LogP contribution in [0.3, 0.4) is 0 Å². The maximum absolute atomic E-state index is 11.6. The first-order valence-electron chi connectivity index (χ1n) is 5.94. The highest BCUT2D eigenvalue weighted by Gasteiger charge is 2.16. The van der Waals surface area contributed by atoms with E-state index in [1.807, 2.05) is 0 Å². The van der Waals surface area contributed by atoms with Gasteiger partial charge in [0.2, 0.25) is 5.91 Å². The van der Waals surface area contributed by atoms with Gasteiger partial charge in [-0.1, -0.05) is 11.8 Å². The highest BCUT2D eigenvalue weighted by molar-refractivity contribution is 8.15. The van der Waals surface area contributed by atoms with Gasteiger partial charge in [-0.15, -0.1) is 5.10 Å². The van der Waals surface area contributed by atoms with Crippen LogP contribution in [0, 0.1) is 0 Å². The number of nitrogens with zero attached hydrogens (tertiary/aromatic N) is 2. The minimum atomic E-state index is -0.493. The zero-order chi connectivity index (χ0) is 15.2. The molecule has 1 N–H and O–H groups in total. The molecule has 1 aliphatic heterocycles. The first-order chi connectivity index (χ1) is 10.1. The number of hydrogen-bond acceptors (Lipinski definition) is 7. The van der Waals surface area contributed by atoms with Crippen molar-refractivity contribution in [1.82, 2.24) is 5.32 Å². The Hall–Kier alpha value is -2.35. The Morgan fingerprint density at radius 1 is 1.43 bits per heavy atom. The van der Waals surface area contributed by atoms with Crippen LogP contribution >= 0.6 is 11.8 Å². The summed E-state index contributed by atoms with van der Waals surface area (Å²) < 4.78 is 9.79. The second-order valence-electron chi connectivity index (χ2n) is 3.94. The highest BCUT2D eigenvalue weighted by atomic mass is 32.2. The zero-order valence-corrected chi connectivity index (χ0v) is 12.3. The third kappa shape index (κ3) is 3.82. The van der Waals surface area contributed by atoms with E-state index in [4.69, 9.17) is 4.74 Å². The maximum Gasteiger partial charge on any atom is 0.341 e. The minimum absolute atomic E-state index is 0.0913. The van der Waals surface area contributed by atoms with Crippen molar-refractivity contribution in [1.29, 1.82) is 0 Å². The molecule has 0 aliphatic carbocycles. The molecule has 110 valence electrons. The van der Waals surface area contributed by atoms with Crippen molar-refractivity contribution in [2.45, 2.75) is 0 Å². The molecule has 0 bridgehead atoms. The molecule has 1 aromatic rings. The summed E-state index contributed by atoms with van der Waals surface area (Å²) in [5.74, 6) is 0.186. The molecule has 0 spiro atoms. The van der Waals surface area contributed by atoms with E-state index in [1.165, 1.54) is 32.2 Å². The SMILES string of the molecule is COC(=O)c1cc(C=NN=C2NC(=O)CS2)ccc1OC. The molecule has 0 atom stereocenters. The molecule has 1 aliphatic rings. The molecule has 0 aromatic heterocycles. The molecule has 1 fully saturated rings. The van der Waals surface area contributed by atoms with Gasteiger partial charge in [-0.25, -0.2) is 4.79 Å². The maximum atomic E-state index is 11.6. The second-order valence-corrected chi connectivity index (χ2v) is 4.90. The molecule has 1 amide bonds. The molecule has 2 rings (SSSR count). The van der Waals surface area contributed by atoms with Crippen LogP contribution < -0.4 is 10.1 Å². The fourth-order valence-electron chi connectivity index (χ4n) is 1.60. The Labute approximate surface area is 125 Å².